The van der Waals surface area contributed by atoms with Gasteiger partial charge in [0.15, 0.2) is 0 Å². The van der Waals surface area contributed by atoms with Crippen molar-refractivity contribution in [2.24, 2.45) is 5.73 Å². The van der Waals surface area contributed by atoms with Gasteiger partial charge in [-0.15, -0.1) is 0 Å². The van der Waals surface area contributed by atoms with Gasteiger partial charge in [-0.2, -0.15) is 0 Å². The number of carbonyl (C=O) groups excluding carboxylic acids is 1. The highest BCUT2D eigenvalue weighted by molar-refractivity contribution is 5.85. The number of nitrogens with two attached hydrogens (primary N) is 1. The monoisotopic (exact) mass is 149 g/mol. The summed E-state index contributed by atoms with van der Waals surface area (Å²) in [5.41, 5.74) is 6.29. The highest BCUT2D eigenvalue weighted by Gasteiger charge is 2.28. The minimum atomic E-state index is -0.591. The van der Waals surface area contributed by atoms with Gasteiger partial charge in [-0.25, -0.2) is 4.79 Å². The van der Waals surface area contributed by atoms with Crippen molar-refractivity contribution in [3.63, 3.8) is 0 Å². The lowest BCUT2D eigenvalue weighted by molar-refractivity contribution is -0.133. The van der Waals surface area contributed by atoms with E-state index in [0.717, 1.165) is 5.56 Å². The van der Waals surface area contributed by atoms with Crippen LogP contribution in [0.4, 0.5) is 0 Å². The van der Waals surface area contributed by atoms with Gasteiger partial charge in [-0.3, -0.25) is 0 Å². The van der Waals surface area contributed by atoms with Crippen molar-refractivity contribution in [1.29, 1.82) is 0 Å². The van der Waals surface area contributed by atoms with Crippen molar-refractivity contribution in [2.75, 3.05) is 0 Å². The second kappa shape index (κ2) is 2.07. The van der Waals surface area contributed by atoms with Crippen molar-refractivity contribution >= 4 is 5.97 Å². The van der Waals surface area contributed by atoms with Crippen LogP contribution in [0, 0.1) is 0 Å². The minimum absolute atomic E-state index is 0.369. The van der Waals surface area contributed by atoms with Crippen LogP contribution < -0.4 is 10.5 Å². The lowest BCUT2D eigenvalue weighted by Crippen LogP contribution is -2.18. The van der Waals surface area contributed by atoms with Crippen LogP contribution in [0.25, 0.3) is 0 Å². The standard InChI is InChI=1S/C8H7NO2/c9-7-5-3-1-2-4-6(5)11-8(7)10/h1-4,7H,9H2. The molecule has 56 valence electrons. The van der Waals surface area contributed by atoms with Crippen LogP contribution in [0.1, 0.15) is 11.6 Å². The van der Waals surface area contributed by atoms with E-state index in [1.807, 2.05) is 12.1 Å². The van der Waals surface area contributed by atoms with Crippen molar-refractivity contribution in [3.8, 4) is 5.75 Å². The Morgan fingerprint density at radius 2 is 2.09 bits per heavy atom. The number of para-hydroxylation sites is 1. The fraction of sp³-hybridized carbons (Fsp3) is 0.125. The topological polar surface area (TPSA) is 52.3 Å². The Hall–Kier alpha value is -1.35. The molecule has 1 aromatic rings. The summed E-state index contributed by atoms with van der Waals surface area (Å²) in [7, 11) is 0. The van der Waals surface area contributed by atoms with Crippen LogP contribution in [0.5, 0.6) is 5.75 Å². The normalized spacial score (nSPS) is 21.2. The number of hydrogen-bond acceptors (Lipinski definition) is 3. The number of carbonyl (C=O) groups is 1. The summed E-state index contributed by atoms with van der Waals surface area (Å²) in [4.78, 5) is 10.9. The highest BCUT2D eigenvalue weighted by atomic mass is 16.5. The zero-order valence-corrected chi connectivity index (χ0v) is 5.78. The SMILES string of the molecule is NC1C(=O)Oc2ccccc21. The number of rotatable bonds is 0. The predicted molar refractivity (Wildman–Crippen MR) is 39.0 cm³/mol. The maximum atomic E-state index is 10.9. The maximum absolute atomic E-state index is 10.9. The van der Waals surface area contributed by atoms with Gasteiger partial charge in [0.1, 0.15) is 11.8 Å². The predicted octanol–water partition coefficient (Wildman–Crippen LogP) is 0.605. The first-order chi connectivity index (χ1) is 5.29. The van der Waals surface area contributed by atoms with E-state index in [1.165, 1.54) is 0 Å². The number of fused-ring (bicyclic) bond motifs is 1. The van der Waals surface area contributed by atoms with Gasteiger partial charge < -0.3 is 10.5 Å². The molecule has 0 aliphatic carbocycles. The molecule has 11 heavy (non-hydrogen) atoms. The third-order valence-corrected chi connectivity index (χ3v) is 1.72. The molecule has 1 aliphatic rings. The Morgan fingerprint density at radius 1 is 1.36 bits per heavy atom. The van der Waals surface area contributed by atoms with E-state index >= 15 is 0 Å². The molecule has 0 amide bonds. The van der Waals surface area contributed by atoms with Crippen molar-refractivity contribution < 1.29 is 9.53 Å². The van der Waals surface area contributed by atoms with Crippen LogP contribution >= 0.6 is 0 Å². The van der Waals surface area contributed by atoms with E-state index < -0.39 is 6.04 Å². The van der Waals surface area contributed by atoms with Gasteiger partial charge in [0.2, 0.25) is 0 Å². The zero-order chi connectivity index (χ0) is 7.84. The third kappa shape index (κ3) is 0.816. The Bertz CT molecular complexity index is 309. The number of esters is 1. The Kier molecular flexibility index (Phi) is 1.20. The molecule has 0 radical (unpaired) electrons. The van der Waals surface area contributed by atoms with Crippen LogP contribution in [-0.4, -0.2) is 5.97 Å². The average Bonchev–Trinajstić information content (AvgIpc) is 2.30. The maximum Gasteiger partial charge on any atom is 0.333 e. The van der Waals surface area contributed by atoms with Crippen molar-refractivity contribution in [3.05, 3.63) is 29.8 Å². The first-order valence-electron chi connectivity index (χ1n) is 3.35. The van der Waals surface area contributed by atoms with Crippen LogP contribution in [0.15, 0.2) is 24.3 Å². The number of ether oxygens (including phenoxy) is 1. The molecule has 1 atom stereocenters. The molecule has 0 aromatic heterocycles. The zero-order valence-electron chi connectivity index (χ0n) is 5.78. The second-order valence-corrected chi connectivity index (χ2v) is 2.44. The summed E-state index contributed by atoms with van der Waals surface area (Å²) < 4.78 is 4.86. The molecule has 3 nitrogen and oxygen atoms in total. The summed E-state index contributed by atoms with van der Waals surface area (Å²) in [6, 6.07) is 6.58. The molecule has 0 saturated heterocycles. The van der Waals surface area contributed by atoms with Crippen molar-refractivity contribution in [1.82, 2.24) is 0 Å². The molecule has 0 spiro atoms. The summed E-state index contributed by atoms with van der Waals surface area (Å²) in [5.74, 6) is 0.219. The third-order valence-electron chi connectivity index (χ3n) is 1.72. The summed E-state index contributed by atoms with van der Waals surface area (Å²) in [6.45, 7) is 0. The quantitative estimate of drug-likeness (QED) is 0.434. The fourth-order valence-electron chi connectivity index (χ4n) is 1.13. The van der Waals surface area contributed by atoms with E-state index in [1.54, 1.807) is 12.1 Å². The minimum Gasteiger partial charge on any atom is -0.425 e. The molecular weight excluding hydrogens is 142 g/mol. The first-order valence-corrected chi connectivity index (χ1v) is 3.35. The lowest BCUT2D eigenvalue weighted by Gasteiger charge is -1.95. The molecule has 1 aliphatic heterocycles. The summed E-state index contributed by atoms with van der Waals surface area (Å²) in [5, 5.41) is 0. The molecule has 2 N–H and O–H groups in total. The van der Waals surface area contributed by atoms with E-state index in [4.69, 9.17) is 10.5 Å². The van der Waals surface area contributed by atoms with Crippen molar-refractivity contribution in [2.45, 2.75) is 6.04 Å². The summed E-state index contributed by atoms with van der Waals surface area (Å²) in [6.07, 6.45) is 0. The first kappa shape index (κ1) is 6.37. The van der Waals surface area contributed by atoms with E-state index in [0.29, 0.717) is 5.75 Å². The molecule has 1 aromatic carbocycles. The lowest BCUT2D eigenvalue weighted by atomic mass is 10.1. The van der Waals surface area contributed by atoms with Crippen LogP contribution in [0.2, 0.25) is 0 Å². The molecule has 0 saturated carbocycles. The molecule has 0 bridgehead atoms. The number of benzene rings is 1. The van der Waals surface area contributed by atoms with E-state index in [2.05, 4.69) is 0 Å². The second-order valence-electron chi connectivity index (χ2n) is 2.44. The van der Waals surface area contributed by atoms with Gasteiger partial charge >= 0.3 is 5.97 Å². The van der Waals surface area contributed by atoms with Crippen LogP contribution in [0.3, 0.4) is 0 Å². The fourth-order valence-corrected chi connectivity index (χ4v) is 1.13. The van der Waals surface area contributed by atoms with Gasteiger partial charge in [0.25, 0.3) is 0 Å². The van der Waals surface area contributed by atoms with Gasteiger partial charge in [-0.05, 0) is 6.07 Å². The Labute approximate surface area is 63.8 Å². The van der Waals surface area contributed by atoms with Gasteiger partial charge in [0, 0.05) is 5.56 Å². The average molecular weight is 149 g/mol. The van der Waals surface area contributed by atoms with Crippen LogP contribution in [-0.2, 0) is 4.79 Å². The smallest absolute Gasteiger partial charge is 0.333 e. The molecule has 0 fully saturated rings. The molecule has 3 heteroatoms. The molecule has 2 rings (SSSR count). The van der Waals surface area contributed by atoms with E-state index in [-0.39, 0.29) is 5.97 Å². The van der Waals surface area contributed by atoms with E-state index in [9.17, 15) is 4.79 Å². The van der Waals surface area contributed by atoms with Gasteiger partial charge in [-0.1, -0.05) is 18.2 Å². The Balaban J connectivity index is 2.55. The summed E-state index contributed by atoms with van der Waals surface area (Å²) >= 11 is 0. The van der Waals surface area contributed by atoms with Gasteiger partial charge in [0.05, 0.1) is 0 Å². The molecule has 1 unspecified atom stereocenters. The highest BCUT2D eigenvalue weighted by Crippen LogP contribution is 2.30. The number of hydrogen-bond donors (Lipinski definition) is 1. The largest absolute Gasteiger partial charge is 0.425 e. The molecular formula is C8H7NO2. The molecule has 1 heterocycles. The Morgan fingerprint density at radius 3 is 2.82 bits per heavy atom.